The van der Waals surface area contributed by atoms with Crippen LogP contribution in [0.2, 0.25) is 0 Å². The molecule has 1 N–H and O–H groups in total. The molecule has 4 heteroatoms. The number of imide groups is 1. The summed E-state index contributed by atoms with van der Waals surface area (Å²) in [4.78, 5) is 26.1. The summed E-state index contributed by atoms with van der Waals surface area (Å²) in [5.41, 5.74) is 1.94. The van der Waals surface area contributed by atoms with E-state index in [-0.39, 0.29) is 30.2 Å². The van der Waals surface area contributed by atoms with Crippen LogP contribution in [-0.2, 0) is 9.59 Å². The van der Waals surface area contributed by atoms with Gasteiger partial charge in [-0.25, -0.2) is 0 Å². The smallest absolute Gasteiger partial charge is 0.233 e. The number of aliphatic hydroxyl groups is 1. The molecule has 1 fully saturated rings. The Balaban J connectivity index is 1.71. The number of benzene rings is 1. The van der Waals surface area contributed by atoms with E-state index < -0.39 is 6.10 Å². The van der Waals surface area contributed by atoms with Crippen LogP contribution in [0, 0.1) is 11.8 Å². The molecule has 0 spiro atoms. The summed E-state index contributed by atoms with van der Waals surface area (Å²) >= 11 is 0. The molecule has 3 rings (SSSR count). The molecular weight excluding hydrogens is 290 g/mol. The molecule has 1 saturated heterocycles. The highest BCUT2D eigenvalue weighted by Gasteiger charge is 2.47. The number of rotatable bonds is 4. The lowest BCUT2D eigenvalue weighted by Crippen LogP contribution is -2.35. The van der Waals surface area contributed by atoms with Gasteiger partial charge in [0.25, 0.3) is 0 Å². The molecule has 0 saturated carbocycles. The zero-order chi connectivity index (χ0) is 16.6. The van der Waals surface area contributed by atoms with Crippen LogP contribution in [0.3, 0.4) is 0 Å². The van der Waals surface area contributed by atoms with Crippen LogP contribution in [0.25, 0.3) is 0 Å². The Morgan fingerprint density at radius 3 is 1.96 bits per heavy atom. The zero-order valence-electron chi connectivity index (χ0n) is 13.6. The molecule has 0 radical (unpaired) electrons. The van der Waals surface area contributed by atoms with Gasteiger partial charge < -0.3 is 5.11 Å². The van der Waals surface area contributed by atoms with Crippen LogP contribution in [0.1, 0.15) is 49.8 Å². The van der Waals surface area contributed by atoms with Crippen molar-refractivity contribution in [2.24, 2.45) is 11.8 Å². The first-order valence-electron chi connectivity index (χ1n) is 8.27. The molecule has 2 amide bonds. The largest absolute Gasteiger partial charge is 0.387 e. The van der Waals surface area contributed by atoms with Gasteiger partial charge in [0.05, 0.1) is 24.5 Å². The van der Waals surface area contributed by atoms with Crippen molar-refractivity contribution in [2.45, 2.75) is 38.7 Å². The van der Waals surface area contributed by atoms with E-state index in [1.807, 2.05) is 36.4 Å². The number of carbonyl (C=O) groups excluding carboxylic acids is 2. The molecule has 1 aliphatic heterocycles. The van der Waals surface area contributed by atoms with Crippen LogP contribution in [-0.4, -0.2) is 28.4 Å². The van der Waals surface area contributed by atoms with E-state index in [4.69, 9.17) is 0 Å². The van der Waals surface area contributed by atoms with Gasteiger partial charge in [0.1, 0.15) is 0 Å². The van der Waals surface area contributed by atoms with E-state index >= 15 is 0 Å². The van der Waals surface area contributed by atoms with Crippen molar-refractivity contribution in [3.05, 3.63) is 47.5 Å². The number of hydrogen-bond acceptors (Lipinski definition) is 3. The Hall–Kier alpha value is -1.94. The maximum Gasteiger partial charge on any atom is 0.233 e. The molecular formula is C19H23NO3. The number of aliphatic hydroxyl groups excluding tert-OH is 1. The third-order valence-corrected chi connectivity index (χ3v) is 4.94. The first-order valence-corrected chi connectivity index (χ1v) is 8.27. The minimum atomic E-state index is -0.836. The van der Waals surface area contributed by atoms with Gasteiger partial charge >= 0.3 is 0 Å². The third-order valence-electron chi connectivity index (χ3n) is 4.94. The average Bonchev–Trinajstić information content (AvgIpc) is 2.80. The number of carbonyl (C=O) groups is 2. The summed E-state index contributed by atoms with van der Waals surface area (Å²) in [6.45, 7) is 4.28. The summed E-state index contributed by atoms with van der Waals surface area (Å²) < 4.78 is 0. The van der Waals surface area contributed by atoms with Crippen LogP contribution in [0.15, 0.2) is 36.4 Å². The van der Waals surface area contributed by atoms with Crippen LogP contribution in [0.4, 0.5) is 0 Å². The van der Waals surface area contributed by atoms with Crippen LogP contribution < -0.4 is 0 Å². The summed E-state index contributed by atoms with van der Waals surface area (Å²) in [5, 5.41) is 10.4. The van der Waals surface area contributed by atoms with Crippen molar-refractivity contribution in [1.82, 2.24) is 4.90 Å². The monoisotopic (exact) mass is 313 g/mol. The minimum Gasteiger partial charge on any atom is -0.387 e. The number of nitrogens with zero attached hydrogens (tertiary/aromatic N) is 1. The summed E-state index contributed by atoms with van der Waals surface area (Å²) in [5.74, 6) is -0.311. The van der Waals surface area contributed by atoms with Gasteiger partial charge in [-0.15, -0.1) is 0 Å². The molecule has 0 aromatic heterocycles. The highest BCUT2D eigenvalue weighted by molar-refractivity contribution is 6.05. The first-order chi connectivity index (χ1) is 11.0. The summed E-state index contributed by atoms with van der Waals surface area (Å²) in [6.07, 6.45) is 4.36. The second-order valence-electron chi connectivity index (χ2n) is 6.78. The van der Waals surface area contributed by atoms with Gasteiger partial charge in [-0.05, 0) is 29.9 Å². The van der Waals surface area contributed by atoms with Gasteiger partial charge in [-0.1, -0.05) is 50.3 Å². The van der Waals surface area contributed by atoms with Crippen molar-refractivity contribution in [3.8, 4) is 0 Å². The first kappa shape index (κ1) is 15.9. The molecule has 23 heavy (non-hydrogen) atoms. The van der Waals surface area contributed by atoms with Gasteiger partial charge in [0.15, 0.2) is 0 Å². The Morgan fingerprint density at radius 1 is 1.00 bits per heavy atom. The fourth-order valence-corrected chi connectivity index (χ4v) is 3.43. The van der Waals surface area contributed by atoms with Crippen molar-refractivity contribution in [1.29, 1.82) is 0 Å². The summed E-state index contributed by atoms with van der Waals surface area (Å²) in [7, 11) is 0. The lowest BCUT2D eigenvalue weighted by molar-refractivity contribution is -0.141. The normalized spacial score (nSPS) is 25.1. The Morgan fingerprint density at radius 2 is 1.48 bits per heavy atom. The number of β-amino-alcohol motifs (C(OH)–C–C–N with tert-alkyl or cyclic N) is 1. The lowest BCUT2D eigenvalue weighted by atomic mass is 9.85. The molecule has 1 heterocycles. The quantitative estimate of drug-likeness (QED) is 0.687. The van der Waals surface area contributed by atoms with E-state index in [9.17, 15) is 14.7 Å². The van der Waals surface area contributed by atoms with E-state index in [1.54, 1.807) is 0 Å². The number of amides is 2. The maximum atomic E-state index is 12.4. The van der Waals surface area contributed by atoms with E-state index in [0.29, 0.717) is 18.8 Å². The Bertz CT molecular complexity index is 607. The number of likely N-dealkylation sites (tertiary alicyclic amines) is 1. The second kappa shape index (κ2) is 6.28. The predicted octanol–water partition coefficient (Wildman–Crippen LogP) is 2.79. The predicted molar refractivity (Wildman–Crippen MR) is 87.6 cm³/mol. The fourth-order valence-electron chi connectivity index (χ4n) is 3.43. The van der Waals surface area contributed by atoms with Crippen LogP contribution in [0.5, 0.6) is 0 Å². The van der Waals surface area contributed by atoms with Crippen LogP contribution >= 0.6 is 0 Å². The van der Waals surface area contributed by atoms with E-state index in [1.165, 1.54) is 10.5 Å². The van der Waals surface area contributed by atoms with Crippen molar-refractivity contribution in [3.63, 3.8) is 0 Å². The highest BCUT2D eigenvalue weighted by atomic mass is 16.3. The molecule has 0 unspecified atom stereocenters. The average molecular weight is 313 g/mol. The van der Waals surface area contributed by atoms with Crippen molar-refractivity contribution >= 4 is 11.8 Å². The summed E-state index contributed by atoms with van der Waals surface area (Å²) in [6, 6.07) is 7.72. The minimum absolute atomic E-state index is 0.0473. The standard InChI is InChI=1S/C19H23NO3/c1-12(2)13-7-9-14(10-8-13)17(21)11-20-18(22)15-5-3-4-6-16(15)19(20)23/h3-4,7-10,12,15-17,21H,5-6,11H2,1-2H3/t15-,16+,17-/m1/s1. The van der Waals surface area contributed by atoms with Gasteiger partial charge in [0.2, 0.25) is 11.8 Å². The molecule has 122 valence electrons. The molecule has 3 atom stereocenters. The van der Waals surface area contributed by atoms with Gasteiger partial charge in [-0.3, -0.25) is 14.5 Å². The number of fused-ring (bicyclic) bond motifs is 1. The molecule has 1 aromatic carbocycles. The maximum absolute atomic E-state index is 12.4. The third kappa shape index (κ3) is 2.95. The SMILES string of the molecule is CC(C)c1ccc([C@H](O)CN2C(=O)[C@H]3CC=CC[C@H]3C2=O)cc1. The Labute approximate surface area is 136 Å². The molecule has 4 nitrogen and oxygen atoms in total. The van der Waals surface area contributed by atoms with Crippen molar-refractivity contribution < 1.29 is 14.7 Å². The van der Waals surface area contributed by atoms with Gasteiger partial charge in [-0.2, -0.15) is 0 Å². The zero-order valence-corrected chi connectivity index (χ0v) is 13.6. The highest BCUT2D eigenvalue weighted by Crippen LogP contribution is 2.35. The fraction of sp³-hybridized carbons (Fsp3) is 0.474. The molecule has 0 bridgehead atoms. The Kier molecular flexibility index (Phi) is 4.35. The van der Waals surface area contributed by atoms with E-state index in [2.05, 4.69) is 13.8 Å². The molecule has 1 aromatic rings. The topological polar surface area (TPSA) is 57.6 Å². The number of allylic oxidation sites excluding steroid dienone is 2. The van der Waals surface area contributed by atoms with E-state index in [0.717, 1.165) is 5.56 Å². The second-order valence-corrected chi connectivity index (χ2v) is 6.78. The lowest BCUT2D eigenvalue weighted by Gasteiger charge is -2.20. The molecule has 1 aliphatic carbocycles. The van der Waals surface area contributed by atoms with Crippen molar-refractivity contribution in [2.75, 3.05) is 6.54 Å². The van der Waals surface area contributed by atoms with Gasteiger partial charge in [0, 0.05) is 0 Å². The number of hydrogen-bond donors (Lipinski definition) is 1. The molecule has 2 aliphatic rings.